The number of alkyl halides is 2. The Morgan fingerprint density at radius 1 is 1.54 bits per heavy atom. The zero-order valence-corrected chi connectivity index (χ0v) is 8.10. The van der Waals surface area contributed by atoms with Gasteiger partial charge in [0.2, 0.25) is 5.92 Å². The van der Waals surface area contributed by atoms with Crippen molar-refractivity contribution in [3.8, 4) is 0 Å². The molecule has 0 aliphatic carbocycles. The summed E-state index contributed by atoms with van der Waals surface area (Å²) < 4.78 is 24.9. The van der Waals surface area contributed by atoms with Crippen LogP contribution < -0.4 is 5.73 Å². The van der Waals surface area contributed by atoms with Crippen molar-refractivity contribution in [1.29, 1.82) is 0 Å². The summed E-state index contributed by atoms with van der Waals surface area (Å²) in [7, 11) is 0. The van der Waals surface area contributed by atoms with E-state index >= 15 is 0 Å². The Bertz CT molecular complexity index is 154. The normalized spacial score (nSPS) is 24.5. The molecule has 1 aliphatic rings. The molecule has 2 N–H and O–H groups in total. The molecule has 1 aliphatic heterocycles. The summed E-state index contributed by atoms with van der Waals surface area (Å²) in [5.74, 6) is -2.51. The highest BCUT2D eigenvalue weighted by atomic mass is 19.3. The maximum atomic E-state index is 12.4. The van der Waals surface area contributed by atoms with Gasteiger partial charge < -0.3 is 5.73 Å². The van der Waals surface area contributed by atoms with Crippen molar-refractivity contribution in [2.45, 2.75) is 38.2 Å². The highest BCUT2D eigenvalue weighted by Crippen LogP contribution is 2.21. The molecule has 4 heteroatoms. The van der Waals surface area contributed by atoms with Gasteiger partial charge in [-0.3, -0.25) is 4.90 Å². The molecule has 0 amide bonds. The monoisotopic (exact) mass is 192 g/mol. The van der Waals surface area contributed by atoms with E-state index in [-0.39, 0.29) is 6.42 Å². The van der Waals surface area contributed by atoms with Gasteiger partial charge in [-0.15, -0.1) is 0 Å². The van der Waals surface area contributed by atoms with Crippen LogP contribution in [-0.4, -0.2) is 36.5 Å². The minimum absolute atomic E-state index is 0.0131. The Labute approximate surface area is 78.1 Å². The van der Waals surface area contributed by atoms with Crippen molar-refractivity contribution >= 4 is 0 Å². The van der Waals surface area contributed by atoms with Crippen LogP contribution in [0.4, 0.5) is 8.78 Å². The van der Waals surface area contributed by atoms with Crippen LogP contribution in [0, 0.1) is 0 Å². The number of halogens is 2. The van der Waals surface area contributed by atoms with Crippen molar-refractivity contribution in [2.75, 3.05) is 19.6 Å². The molecule has 1 atom stereocenters. The van der Waals surface area contributed by atoms with Gasteiger partial charge in [0, 0.05) is 25.6 Å². The van der Waals surface area contributed by atoms with E-state index in [9.17, 15) is 8.78 Å². The molecular formula is C9H18F2N2. The van der Waals surface area contributed by atoms with E-state index in [0.717, 1.165) is 26.4 Å². The molecule has 0 spiro atoms. The fourth-order valence-electron chi connectivity index (χ4n) is 1.65. The number of hydrogen-bond acceptors (Lipinski definition) is 2. The first-order valence-corrected chi connectivity index (χ1v) is 4.85. The lowest BCUT2D eigenvalue weighted by Crippen LogP contribution is -2.51. The second-order valence-electron chi connectivity index (χ2n) is 3.89. The topological polar surface area (TPSA) is 29.3 Å². The summed E-state index contributed by atoms with van der Waals surface area (Å²) in [5, 5.41) is 0. The van der Waals surface area contributed by atoms with Gasteiger partial charge in [-0.25, -0.2) is 8.78 Å². The summed E-state index contributed by atoms with van der Waals surface area (Å²) in [4.78, 5) is 2.19. The first-order valence-electron chi connectivity index (χ1n) is 4.85. The second kappa shape index (κ2) is 4.33. The van der Waals surface area contributed by atoms with Gasteiger partial charge >= 0.3 is 0 Å². The van der Waals surface area contributed by atoms with Crippen molar-refractivity contribution < 1.29 is 8.78 Å². The number of rotatable bonds is 5. The van der Waals surface area contributed by atoms with Crippen molar-refractivity contribution in [2.24, 2.45) is 5.73 Å². The van der Waals surface area contributed by atoms with Crippen molar-refractivity contribution in [3.63, 3.8) is 0 Å². The van der Waals surface area contributed by atoms with E-state index in [1.807, 2.05) is 0 Å². The number of nitrogens with two attached hydrogens (primary N) is 1. The minimum atomic E-state index is -2.51. The SMILES string of the molecule is CC(F)(F)CCCN1CCC1CN. The lowest BCUT2D eigenvalue weighted by atomic mass is 10.0. The van der Waals surface area contributed by atoms with E-state index in [1.54, 1.807) is 0 Å². The fourth-order valence-corrected chi connectivity index (χ4v) is 1.65. The molecule has 0 bridgehead atoms. The average molecular weight is 192 g/mol. The lowest BCUT2D eigenvalue weighted by Gasteiger charge is -2.40. The van der Waals surface area contributed by atoms with Crippen LogP contribution in [0.5, 0.6) is 0 Å². The zero-order chi connectivity index (χ0) is 9.90. The van der Waals surface area contributed by atoms with Crippen LogP contribution in [0.25, 0.3) is 0 Å². The van der Waals surface area contributed by atoms with E-state index in [1.165, 1.54) is 0 Å². The molecule has 1 rings (SSSR count). The van der Waals surface area contributed by atoms with Crippen LogP contribution in [-0.2, 0) is 0 Å². The van der Waals surface area contributed by atoms with Crippen LogP contribution >= 0.6 is 0 Å². The Morgan fingerprint density at radius 3 is 2.62 bits per heavy atom. The van der Waals surface area contributed by atoms with Crippen LogP contribution in [0.15, 0.2) is 0 Å². The summed E-state index contributed by atoms with van der Waals surface area (Å²) >= 11 is 0. The maximum Gasteiger partial charge on any atom is 0.245 e. The molecule has 13 heavy (non-hydrogen) atoms. The van der Waals surface area contributed by atoms with Crippen LogP contribution in [0.2, 0.25) is 0 Å². The molecule has 0 aromatic carbocycles. The first kappa shape index (κ1) is 10.9. The van der Waals surface area contributed by atoms with Gasteiger partial charge in [0.15, 0.2) is 0 Å². The Kier molecular flexibility index (Phi) is 3.62. The van der Waals surface area contributed by atoms with Gasteiger partial charge in [0.1, 0.15) is 0 Å². The number of nitrogens with zero attached hydrogens (tertiary/aromatic N) is 1. The summed E-state index contributed by atoms with van der Waals surface area (Å²) in [6.45, 7) is 3.43. The Balaban J connectivity index is 2.06. The summed E-state index contributed by atoms with van der Waals surface area (Å²) in [6.07, 6.45) is 1.68. The zero-order valence-electron chi connectivity index (χ0n) is 8.10. The van der Waals surface area contributed by atoms with Crippen molar-refractivity contribution in [1.82, 2.24) is 4.90 Å². The average Bonchev–Trinajstić information content (AvgIpc) is 1.95. The van der Waals surface area contributed by atoms with Gasteiger partial charge in [-0.1, -0.05) is 0 Å². The predicted octanol–water partition coefficient (Wildman–Crippen LogP) is 1.45. The Morgan fingerprint density at radius 2 is 2.23 bits per heavy atom. The van der Waals surface area contributed by atoms with Gasteiger partial charge in [-0.05, 0) is 26.3 Å². The molecule has 1 fully saturated rings. The Hall–Kier alpha value is -0.220. The molecule has 1 heterocycles. The van der Waals surface area contributed by atoms with E-state index in [4.69, 9.17) is 5.73 Å². The molecule has 0 radical (unpaired) electrons. The molecule has 78 valence electrons. The third-order valence-corrected chi connectivity index (χ3v) is 2.60. The third-order valence-electron chi connectivity index (χ3n) is 2.60. The van der Waals surface area contributed by atoms with Gasteiger partial charge in [-0.2, -0.15) is 0 Å². The molecular weight excluding hydrogens is 174 g/mol. The smallest absolute Gasteiger partial charge is 0.245 e. The van der Waals surface area contributed by atoms with E-state index in [0.29, 0.717) is 19.0 Å². The minimum Gasteiger partial charge on any atom is -0.329 e. The van der Waals surface area contributed by atoms with E-state index < -0.39 is 5.92 Å². The number of hydrogen-bond donors (Lipinski definition) is 1. The molecule has 0 aromatic heterocycles. The molecule has 1 saturated heterocycles. The molecule has 1 unspecified atom stereocenters. The summed E-state index contributed by atoms with van der Waals surface area (Å²) in [5.41, 5.74) is 5.49. The van der Waals surface area contributed by atoms with Gasteiger partial charge in [0.25, 0.3) is 0 Å². The summed E-state index contributed by atoms with van der Waals surface area (Å²) in [6, 6.07) is 0.450. The molecule has 0 aromatic rings. The van der Waals surface area contributed by atoms with Crippen LogP contribution in [0.3, 0.4) is 0 Å². The maximum absolute atomic E-state index is 12.4. The van der Waals surface area contributed by atoms with Gasteiger partial charge in [0.05, 0.1) is 0 Å². The van der Waals surface area contributed by atoms with E-state index in [2.05, 4.69) is 4.90 Å². The predicted molar refractivity (Wildman–Crippen MR) is 48.9 cm³/mol. The largest absolute Gasteiger partial charge is 0.329 e. The highest BCUT2D eigenvalue weighted by molar-refractivity contribution is 4.83. The lowest BCUT2D eigenvalue weighted by molar-refractivity contribution is 0.00287. The fraction of sp³-hybridized carbons (Fsp3) is 1.00. The second-order valence-corrected chi connectivity index (χ2v) is 3.89. The molecule has 0 saturated carbocycles. The quantitative estimate of drug-likeness (QED) is 0.714. The van der Waals surface area contributed by atoms with Crippen molar-refractivity contribution in [3.05, 3.63) is 0 Å². The highest BCUT2D eigenvalue weighted by Gasteiger charge is 2.27. The molecule has 2 nitrogen and oxygen atoms in total. The van der Waals surface area contributed by atoms with Crippen LogP contribution in [0.1, 0.15) is 26.2 Å². The standard InChI is InChI=1S/C9H18F2N2/c1-9(10,11)4-2-5-13-6-3-8(13)7-12/h8H,2-7,12H2,1H3. The third kappa shape index (κ3) is 3.56. The number of likely N-dealkylation sites (tertiary alicyclic amines) is 1. The first-order chi connectivity index (χ1) is 6.03.